The molecule has 0 saturated carbocycles. The van der Waals surface area contributed by atoms with E-state index < -0.39 is 0 Å². The molecule has 7 nitrogen and oxygen atoms in total. The summed E-state index contributed by atoms with van der Waals surface area (Å²) in [7, 11) is 0. The number of anilines is 1. The molecule has 3 heterocycles. The Morgan fingerprint density at radius 2 is 2.03 bits per heavy atom. The van der Waals surface area contributed by atoms with Crippen molar-refractivity contribution in [3.63, 3.8) is 0 Å². The molecule has 2 N–H and O–H groups in total. The lowest BCUT2D eigenvalue weighted by atomic mass is 10.0. The Bertz CT molecular complexity index is 1130. The number of carbonyl (C=O) groups excluding carboxylic acids is 1. The number of benzene rings is 1. The summed E-state index contributed by atoms with van der Waals surface area (Å²) in [4.78, 5) is 18.0. The first-order chi connectivity index (χ1) is 15.6. The van der Waals surface area contributed by atoms with Gasteiger partial charge < -0.3 is 15.4 Å². The van der Waals surface area contributed by atoms with Crippen molar-refractivity contribution in [2.75, 3.05) is 18.5 Å². The molecule has 2 aliphatic rings. The topological polar surface area (TPSA) is 81.1 Å². The predicted molar refractivity (Wildman–Crippen MR) is 125 cm³/mol. The van der Waals surface area contributed by atoms with E-state index in [0.29, 0.717) is 5.56 Å². The number of hydrogen-bond acceptors (Lipinski definition) is 5. The molecule has 0 radical (unpaired) electrons. The van der Waals surface area contributed by atoms with Gasteiger partial charge in [0, 0.05) is 32.0 Å². The van der Waals surface area contributed by atoms with Crippen molar-refractivity contribution in [3.8, 4) is 0 Å². The number of ether oxygens (including phenoxy) is 1. The van der Waals surface area contributed by atoms with Crippen molar-refractivity contribution in [3.05, 3.63) is 52.8 Å². The van der Waals surface area contributed by atoms with Crippen LogP contribution in [0.25, 0.3) is 11.0 Å². The molecule has 5 rings (SSSR count). The summed E-state index contributed by atoms with van der Waals surface area (Å²) in [6, 6.07) is 6.79. The minimum absolute atomic E-state index is 0.0848. The summed E-state index contributed by atoms with van der Waals surface area (Å²) in [6.07, 6.45) is 8.84. The van der Waals surface area contributed by atoms with Gasteiger partial charge in [0.2, 0.25) is 0 Å². The highest BCUT2D eigenvalue weighted by Crippen LogP contribution is 2.30. The zero-order chi connectivity index (χ0) is 22.1. The molecular weight excluding hydrogens is 402 g/mol. The van der Waals surface area contributed by atoms with E-state index in [0.717, 1.165) is 67.7 Å². The minimum atomic E-state index is -0.119. The second kappa shape index (κ2) is 8.90. The molecule has 1 saturated heterocycles. The Balaban J connectivity index is 1.44. The third-order valence-electron chi connectivity index (χ3n) is 6.75. The molecule has 1 fully saturated rings. The zero-order valence-electron chi connectivity index (χ0n) is 18.9. The number of rotatable bonds is 6. The summed E-state index contributed by atoms with van der Waals surface area (Å²) < 4.78 is 7.37. The van der Waals surface area contributed by atoms with Gasteiger partial charge in [-0.15, -0.1) is 0 Å². The first-order valence-electron chi connectivity index (χ1n) is 11.8. The Morgan fingerprint density at radius 1 is 1.22 bits per heavy atom. The van der Waals surface area contributed by atoms with Crippen LogP contribution in [-0.4, -0.2) is 39.9 Å². The van der Waals surface area contributed by atoms with E-state index in [1.165, 1.54) is 17.5 Å². The number of hydrogen-bond donors (Lipinski definition) is 2. The molecule has 1 amide bonds. The highest BCUT2D eigenvalue weighted by Gasteiger charge is 2.23. The molecule has 1 unspecified atom stereocenters. The van der Waals surface area contributed by atoms with Gasteiger partial charge in [0.15, 0.2) is 5.65 Å². The third-order valence-corrected chi connectivity index (χ3v) is 6.75. The van der Waals surface area contributed by atoms with Crippen molar-refractivity contribution >= 4 is 22.6 Å². The number of amides is 1. The molecule has 168 valence electrons. The third kappa shape index (κ3) is 3.97. The fraction of sp³-hybridized carbons (Fsp3) is 0.480. The lowest BCUT2D eigenvalue weighted by molar-refractivity contribution is 0.0903. The van der Waals surface area contributed by atoms with Gasteiger partial charge in [-0.25, -0.2) is 9.67 Å². The van der Waals surface area contributed by atoms with Crippen LogP contribution in [-0.2, 0) is 24.1 Å². The Kier molecular flexibility index (Phi) is 5.83. The first-order valence-corrected chi connectivity index (χ1v) is 11.8. The molecule has 2 aromatic heterocycles. The maximum Gasteiger partial charge on any atom is 0.255 e. The standard InChI is InChI=1S/C25H31N5O2/c1-3-30-24-21(15-27-30)23(29-20-9-11-32-12-10-20)22(14-26-24)25(31)28-16(2)18-8-7-17-5-4-6-19(17)13-18/h7-8,13-16,20H,3-6,9-12H2,1-2H3,(H,26,29)(H,28,31). The van der Waals surface area contributed by atoms with Crippen molar-refractivity contribution in [2.45, 2.75) is 64.6 Å². The van der Waals surface area contributed by atoms with E-state index in [1.807, 2.05) is 24.7 Å². The number of aromatic nitrogens is 3. The molecular formula is C25H31N5O2. The van der Waals surface area contributed by atoms with E-state index in [-0.39, 0.29) is 18.0 Å². The highest BCUT2D eigenvalue weighted by molar-refractivity contribution is 6.06. The number of nitrogens with zero attached hydrogens (tertiary/aromatic N) is 3. The van der Waals surface area contributed by atoms with Crippen LogP contribution in [0.2, 0.25) is 0 Å². The summed E-state index contributed by atoms with van der Waals surface area (Å²) in [5.74, 6) is -0.119. The van der Waals surface area contributed by atoms with Crippen LogP contribution in [0.4, 0.5) is 5.69 Å². The summed E-state index contributed by atoms with van der Waals surface area (Å²) in [5, 5.41) is 12.2. The van der Waals surface area contributed by atoms with Gasteiger partial charge in [-0.05, 0) is 62.6 Å². The molecule has 1 aliphatic heterocycles. The van der Waals surface area contributed by atoms with Crippen LogP contribution < -0.4 is 10.6 Å². The van der Waals surface area contributed by atoms with Crippen LogP contribution in [0, 0.1) is 0 Å². The van der Waals surface area contributed by atoms with Gasteiger partial charge in [-0.2, -0.15) is 5.10 Å². The molecule has 32 heavy (non-hydrogen) atoms. The quantitative estimate of drug-likeness (QED) is 0.614. The molecule has 0 bridgehead atoms. The first kappa shape index (κ1) is 20.9. The molecule has 7 heteroatoms. The second-order valence-electron chi connectivity index (χ2n) is 8.85. The number of pyridine rings is 1. The molecule has 1 atom stereocenters. The van der Waals surface area contributed by atoms with Crippen LogP contribution >= 0.6 is 0 Å². The maximum atomic E-state index is 13.4. The van der Waals surface area contributed by atoms with Gasteiger partial charge in [0.05, 0.1) is 28.9 Å². The zero-order valence-corrected chi connectivity index (χ0v) is 18.9. The van der Waals surface area contributed by atoms with Crippen LogP contribution in [0.3, 0.4) is 0 Å². The highest BCUT2D eigenvalue weighted by atomic mass is 16.5. The second-order valence-corrected chi connectivity index (χ2v) is 8.85. The van der Waals surface area contributed by atoms with E-state index in [1.54, 1.807) is 6.20 Å². The number of carbonyl (C=O) groups is 1. The van der Waals surface area contributed by atoms with Gasteiger partial charge in [0.25, 0.3) is 5.91 Å². The van der Waals surface area contributed by atoms with Crippen molar-refractivity contribution in [2.24, 2.45) is 0 Å². The Hall–Kier alpha value is -2.93. The van der Waals surface area contributed by atoms with E-state index in [2.05, 4.69) is 38.9 Å². The average Bonchev–Trinajstić information content (AvgIpc) is 3.46. The van der Waals surface area contributed by atoms with Gasteiger partial charge >= 0.3 is 0 Å². The normalized spacial score (nSPS) is 17.3. The maximum absolute atomic E-state index is 13.4. The fourth-order valence-electron chi connectivity index (χ4n) is 4.85. The van der Waals surface area contributed by atoms with E-state index >= 15 is 0 Å². The SMILES string of the molecule is CCn1ncc2c(NC3CCOCC3)c(C(=O)NC(C)c3ccc4c(c3)CCC4)cnc21. The lowest BCUT2D eigenvalue weighted by Crippen LogP contribution is -2.31. The number of fused-ring (bicyclic) bond motifs is 2. The molecule has 1 aliphatic carbocycles. The van der Waals surface area contributed by atoms with Gasteiger partial charge in [-0.1, -0.05) is 18.2 Å². The molecule has 1 aromatic carbocycles. The minimum Gasteiger partial charge on any atom is -0.381 e. The van der Waals surface area contributed by atoms with E-state index in [9.17, 15) is 4.79 Å². The molecule has 3 aromatic rings. The fourth-order valence-corrected chi connectivity index (χ4v) is 4.85. The van der Waals surface area contributed by atoms with Gasteiger partial charge in [0.1, 0.15) is 0 Å². The van der Waals surface area contributed by atoms with E-state index in [4.69, 9.17) is 4.74 Å². The van der Waals surface area contributed by atoms with Crippen LogP contribution in [0.15, 0.2) is 30.6 Å². The van der Waals surface area contributed by atoms with Crippen molar-refractivity contribution in [1.82, 2.24) is 20.1 Å². The van der Waals surface area contributed by atoms with Crippen molar-refractivity contribution in [1.29, 1.82) is 0 Å². The summed E-state index contributed by atoms with van der Waals surface area (Å²) in [6.45, 7) is 6.28. The smallest absolute Gasteiger partial charge is 0.255 e. The number of aryl methyl sites for hydroxylation is 3. The van der Waals surface area contributed by atoms with Gasteiger partial charge in [-0.3, -0.25) is 4.79 Å². The summed E-state index contributed by atoms with van der Waals surface area (Å²) in [5.41, 5.74) is 6.18. The molecule has 0 spiro atoms. The average molecular weight is 434 g/mol. The monoisotopic (exact) mass is 433 g/mol. The number of nitrogens with one attached hydrogen (secondary N) is 2. The predicted octanol–water partition coefficient (Wildman–Crippen LogP) is 4.02. The Labute approximate surface area is 188 Å². The largest absolute Gasteiger partial charge is 0.381 e. The van der Waals surface area contributed by atoms with Crippen LogP contribution in [0.5, 0.6) is 0 Å². The lowest BCUT2D eigenvalue weighted by Gasteiger charge is -2.26. The summed E-state index contributed by atoms with van der Waals surface area (Å²) >= 11 is 0. The van der Waals surface area contributed by atoms with Crippen LogP contribution in [0.1, 0.15) is 66.2 Å². The Morgan fingerprint density at radius 3 is 2.84 bits per heavy atom. The van der Waals surface area contributed by atoms with Crippen molar-refractivity contribution < 1.29 is 9.53 Å².